The topological polar surface area (TPSA) is 23.5 Å². The summed E-state index contributed by atoms with van der Waals surface area (Å²) in [6.07, 6.45) is 4.63. The summed E-state index contributed by atoms with van der Waals surface area (Å²) in [5.74, 6) is 5.97. The molecule has 0 aromatic rings. The molecule has 0 amide bonds. The van der Waals surface area contributed by atoms with E-state index in [0.29, 0.717) is 12.6 Å². The van der Waals surface area contributed by atoms with E-state index in [-0.39, 0.29) is 0 Å². The monoisotopic (exact) mass is 181 g/mol. The van der Waals surface area contributed by atoms with Crippen LogP contribution in [0.3, 0.4) is 0 Å². The van der Waals surface area contributed by atoms with Gasteiger partial charge < -0.3 is 5.11 Å². The number of rotatable bonds is 3. The molecule has 1 saturated heterocycles. The number of aliphatic hydroxyl groups excluding tert-OH is 1. The fourth-order valence-corrected chi connectivity index (χ4v) is 1.89. The molecule has 2 heteroatoms. The van der Waals surface area contributed by atoms with E-state index in [1.165, 1.54) is 12.8 Å². The highest BCUT2D eigenvalue weighted by Crippen LogP contribution is 2.16. The van der Waals surface area contributed by atoms with Gasteiger partial charge in [0.1, 0.15) is 0 Å². The highest BCUT2D eigenvalue weighted by molar-refractivity contribution is 4.95. The lowest BCUT2D eigenvalue weighted by Crippen LogP contribution is -2.42. The van der Waals surface area contributed by atoms with Crippen LogP contribution in [0, 0.1) is 11.8 Å². The lowest BCUT2D eigenvalue weighted by Gasteiger charge is -2.33. The molecule has 0 aromatic heterocycles. The summed E-state index contributed by atoms with van der Waals surface area (Å²) in [6, 6.07) is 0.396. The van der Waals surface area contributed by atoms with Gasteiger partial charge in [-0.15, -0.1) is 11.8 Å². The molecular weight excluding hydrogens is 162 g/mol. The smallest absolute Gasteiger partial charge is 0.0586 e. The van der Waals surface area contributed by atoms with E-state index in [4.69, 9.17) is 5.11 Å². The molecule has 1 atom stereocenters. The second-order valence-electron chi connectivity index (χ2n) is 3.54. The third-order valence-corrected chi connectivity index (χ3v) is 2.66. The van der Waals surface area contributed by atoms with Gasteiger partial charge in [0.15, 0.2) is 0 Å². The first-order valence-corrected chi connectivity index (χ1v) is 5.13. The summed E-state index contributed by atoms with van der Waals surface area (Å²) in [6.45, 7) is 4.34. The number of aliphatic hydroxyl groups is 1. The zero-order valence-corrected chi connectivity index (χ0v) is 8.42. The largest absolute Gasteiger partial charge is 0.395 e. The third-order valence-electron chi connectivity index (χ3n) is 2.66. The van der Waals surface area contributed by atoms with E-state index in [9.17, 15) is 0 Å². The van der Waals surface area contributed by atoms with Gasteiger partial charge in [-0.05, 0) is 26.3 Å². The van der Waals surface area contributed by atoms with E-state index in [2.05, 4.69) is 16.7 Å². The Hall–Kier alpha value is -0.520. The fraction of sp³-hybridized carbons (Fsp3) is 0.818. The van der Waals surface area contributed by atoms with Crippen molar-refractivity contribution >= 4 is 0 Å². The Morgan fingerprint density at radius 3 is 3.00 bits per heavy atom. The van der Waals surface area contributed by atoms with Crippen LogP contribution in [0.25, 0.3) is 0 Å². The molecule has 0 bridgehead atoms. The predicted octanol–water partition coefficient (Wildman–Crippen LogP) is 1.25. The first-order valence-electron chi connectivity index (χ1n) is 5.13. The molecule has 0 saturated carbocycles. The van der Waals surface area contributed by atoms with Crippen molar-refractivity contribution in [2.75, 3.05) is 19.7 Å². The molecule has 1 unspecified atom stereocenters. The van der Waals surface area contributed by atoms with E-state index in [1.54, 1.807) is 0 Å². The first-order chi connectivity index (χ1) is 6.38. The Kier molecular flexibility index (Phi) is 4.88. The maximum Gasteiger partial charge on any atom is 0.0586 e. The molecule has 0 radical (unpaired) electrons. The van der Waals surface area contributed by atoms with Crippen LogP contribution >= 0.6 is 0 Å². The van der Waals surface area contributed by atoms with Crippen molar-refractivity contribution < 1.29 is 5.11 Å². The van der Waals surface area contributed by atoms with E-state index in [0.717, 1.165) is 25.9 Å². The molecule has 0 aliphatic carbocycles. The predicted molar refractivity (Wildman–Crippen MR) is 54.4 cm³/mol. The number of hydrogen-bond donors (Lipinski definition) is 1. The van der Waals surface area contributed by atoms with Crippen molar-refractivity contribution in [3.8, 4) is 11.8 Å². The van der Waals surface area contributed by atoms with Crippen LogP contribution in [0.5, 0.6) is 0 Å². The van der Waals surface area contributed by atoms with E-state index >= 15 is 0 Å². The summed E-state index contributed by atoms with van der Waals surface area (Å²) < 4.78 is 0. The first kappa shape index (κ1) is 10.6. The minimum atomic E-state index is 0.305. The molecule has 0 aromatic carbocycles. The molecule has 1 rings (SSSR count). The summed E-state index contributed by atoms with van der Waals surface area (Å²) in [5.41, 5.74) is 0. The summed E-state index contributed by atoms with van der Waals surface area (Å²) in [5, 5.41) is 9.14. The van der Waals surface area contributed by atoms with Gasteiger partial charge in [-0.25, -0.2) is 0 Å². The average Bonchev–Trinajstić information content (AvgIpc) is 2.19. The Balaban J connectivity index is 2.30. The zero-order chi connectivity index (χ0) is 9.52. The number of hydrogen-bond acceptors (Lipinski definition) is 2. The normalized spacial score (nSPS) is 23.7. The van der Waals surface area contributed by atoms with Gasteiger partial charge in [0.2, 0.25) is 0 Å². The minimum Gasteiger partial charge on any atom is -0.395 e. The molecule has 1 aliphatic heterocycles. The van der Waals surface area contributed by atoms with Crippen LogP contribution in [0.1, 0.15) is 32.6 Å². The van der Waals surface area contributed by atoms with Crippen LogP contribution in [-0.2, 0) is 0 Å². The highest BCUT2D eigenvalue weighted by atomic mass is 16.3. The Morgan fingerprint density at radius 2 is 2.31 bits per heavy atom. The van der Waals surface area contributed by atoms with Crippen molar-refractivity contribution in [1.29, 1.82) is 0 Å². The van der Waals surface area contributed by atoms with Gasteiger partial charge in [0.05, 0.1) is 6.61 Å². The van der Waals surface area contributed by atoms with Crippen LogP contribution in [0.15, 0.2) is 0 Å². The van der Waals surface area contributed by atoms with Crippen molar-refractivity contribution in [3.63, 3.8) is 0 Å². The van der Waals surface area contributed by atoms with Gasteiger partial charge in [-0.3, -0.25) is 4.90 Å². The number of likely N-dealkylation sites (tertiary alicyclic amines) is 1. The van der Waals surface area contributed by atoms with Gasteiger partial charge in [-0.1, -0.05) is 6.42 Å². The lowest BCUT2D eigenvalue weighted by atomic mass is 10.0. The standard InChI is InChI=1S/C11H19NO/c1-2-3-5-8-12-9-6-4-7-11(12)10-13/h11,13H,4-10H2,1H3. The lowest BCUT2D eigenvalue weighted by molar-refractivity contribution is 0.0924. The average molecular weight is 181 g/mol. The highest BCUT2D eigenvalue weighted by Gasteiger charge is 2.20. The van der Waals surface area contributed by atoms with Crippen LogP contribution in [-0.4, -0.2) is 35.7 Å². The minimum absolute atomic E-state index is 0.305. The van der Waals surface area contributed by atoms with Crippen molar-refractivity contribution in [1.82, 2.24) is 4.90 Å². The molecule has 1 heterocycles. The summed E-state index contributed by atoms with van der Waals surface area (Å²) >= 11 is 0. The Labute approximate surface area is 80.9 Å². The van der Waals surface area contributed by atoms with E-state index in [1.807, 2.05) is 6.92 Å². The van der Waals surface area contributed by atoms with Gasteiger partial charge in [0.25, 0.3) is 0 Å². The second-order valence-corrected chi connectivity index (χ2v) is 3.54. The molecule has 1 aliphatic rings. The molecule has 13 heavy (non-hydrogen) atoms. The van der Waals surface area contributed by atoms with Crippen molar-refractivity contribution in [2.45, 2.75) is 38.6 Å². The SMILES string of the molecule is CC#CCCN1CCCCC1CO. The van der Waals surface area contributed by atoms with Gasteiger partial charge >= 0.3 is 0 Å². The second kappa shape index (κ2) is 6.01. The van der Waals surface area contributed by atoms with Crippen LogP contribution in [0.4, 0.5) is 0 Å². The number of nitrogens with zero attached hydrogens (tertiary/aromatic N) is 1. The van der Waals surface area contributed by atoms with Crippen molar-refractivity contribution in [3.05, 3.63) is 0 Å². The van der Waals surface area contributed by atoms with E-state index < -0.39 is 0 Å². The molecule has 2 nitrogen and oxygen atoms in total. The van der Waals surface area contributed by atoms with Gasteiger partial charge in [0, 0.05) is 19.0 Å². The van der Waals surface area contributed by atoms with Crippen LogP contribution < -0.4 is 0 Å². The molecule has 1 fully saturated rings. The number of piperidine rings is 1. The molecule has 1 N–H and O–H groups in total. The third kappa shape index (κ3) is 3.38. The maximum absolute atomic E-state index is 9.14. The molecular formula is C11H19NO. The maximum atomic E-state index is 9.14. The van der Waals surface area contributed by atoms with Crippen LogP contribution in [0.2, 0.25) is 0 Å². The molecule has 74 valence electrons. The van der Waals surface area contributed by atoms with Crippen molar-refractivity contribution in [2.24, 2.45) is 0 Å². The zero-order valence-electron chi connectivity index (χ0n) is 8.42. The summed E-state index contributed by atoms with van der Waals surface area (Å²) in [4.78, 5) is 2.37. The quantitative estimate of drug-likeness (QED) is 0.662. The fourth-order valence-electron chi connectivity index (χ4n) is 1.89. The Bertz CT molecular complexity index is 192. The Morgan fingerprint density at radius 1 is 1.46 bits per heavy atom. The van der Waals surface area contributed by atoms with Gasteiger partial charge in [-0.2, -0.15) is 0 Å². The summed E-state index contributed by atoms with van der Waals surface area (Å²) in [7, 11) is 0. The molecule has 0 spiro atoms.